The smallest absolute Gasteiger partial charge is 0.311 e. The number of ether oxygens (including phenoxy) is 1. The molecule has 3 N–H and O–H groups in total. The summed E-state index contributed by atoms with van der Waals surface area (Å²) >= 11 is 0. The van der Waals surface area contributed by atoms with Crippen LogP contribution in [0.15, 0.2) is 23.4 Å². The van der Waals surface area contributed by atoms with Gasteiger partial charge < -0.3 is 15.7 Å². The van der Waals surface area contributed by atoms with E-state index in [9.17, 15) is 10.1 Å². The maximum atomic E-state index is 11.0. The van der Waals surface area contributed by atoms with Gasteiger partial charge in [-0.05, 0) is 30.9 Å². The minimum atomic E-state index is -0.550. The molecule has 1 aromatic carbocycles. The summed E-state index contributed by atoms with van der Waals surface area (Å²) in [5, 5.41) is 22.4. The van der Waals surface area contributed by atoms with Crippen LogP contribution in [-0.4, -0.2) is 22.6 Å². The molecule has 0 radical (unpaired) electrons. The summed E-state index contributed by atoms with van der Waals surface area (Å²) in [6.07, 6.45) is 1.83. The van der Waals surface area contributed by atoms with Gasteiger partial charge in [0.2, 0.25) is 0 Å². The third-order valence-corrected chi connectivity index (χ3v) is 2.74. The topological polar surface area (TPSA) is 111 Å². The zero-order valence-corrected chi connectivity index (χ0v) is 11.6. The fourth-order valence-corrected chi connectivity index (χ4v) is 1.67. The monoisotopic (exact) mass is 281 g/mol. The lowest BCUT2D eigenvalue weighted by Gasteiger charge is -2.09. The molecular weight excluding hydrogens is 262 g/mol. The summed E-state index contributed by atoms with van der Waals surface area (Å²) in [5.41, 5.74) is 5.48. The van der Waals surface area contributed by atoms with Crippen LogP contribution in [0, 0.1) is 16.0 Å². The van der Waals surface area contributed by atoms with Gasteiger partial charge in [0.15, 0.2) is 11.6 Å². The van der Waals surface area contributed by atoms with Crippen LogP contribution in [0.5, 0.6) is 5.75 Å². The Morgan fingerprint density at radius 2 is 2.25 bits per heavy atom. The van der Waals surface area contributed by atoms with Crippen molar-refractivity contribution in [1.29, 1.82) is 0 Å². The van der Waals surface area contributed by atoms with Crippen LogP contribution < -0.4 is 10.5 Å². The molecule has 0 aliphatic heterocycles. The Kier molecular flexibility index (Phi) is 5.76. The molecule has 0 unspecified atom stereocenters. The molecule has 0 aliphatic carbocycles. The van der Waals surface area contributed by atoms with E-state index in [4.69, 9.17) is 15.7 Å². The predicted octanol–water partition coefficient (Wildman–Crippen LogP) is 2.50. The first-order valence-electron chi connectivity index (χ1n) is 6.34. The predicted molar refractivity (Wildman–Crippen MR) is 75.2 cm³/mol. The number of nitro benzene ring substituents is 1. The minimum absolute atomic E-state index is 0.181. The van der Waals surface area contributed by atoms with Crippen molar-refractivity contribution in [2.75, 3.05) is 6.61 Å². The number of hydrogen-bond donors (Lipinski definition) is 2. The third kappa shape index (κ3) is 4.42. The van der Waals surface area contributed by atoms with Crippen molar-refractivity contribution in [3.63, 3.8) is 0 Å². The van der Waals surface area contributed by atoms with E-state index >= 15 is 0 Å². The lowest BCUT2D eigenvalue weighted by molar-refractivity contribution is -0.385. The van der Waals surface area contributed by atoms with Crippen LogP contribution in [0.4, 0.5) is 5.69 Å². The Morgan fingerprint density at radius 1 is 1.55 bits per heavy atom. The van der Waals surface area contributed by atoms with Gasteiger partial charge in [0.25, 0.3) is 0 Å². The number of hydrogen-bond acceptors (Lipinski definition) is 5. The fraction of sp³-hybridized carbons (Fsp3) is 0.462. The molecule has 0 spiro atoms. The van der Waals surface area contributed by atoms with Gasteiger partial charge in [0.05, 0.1) is 11.5 Å². The average Bonchev–Trinajstić information content (AvgIpc) is 2.42. The van der Waals surface area contributed by atoms with Crippen molar-refractivity contribution in [1.82, 2.24) is 0 Å². The summed E-state index contributed by atoms with van der Waals surface area (Å²) in [7, 11) is 0. The number of benzene rings is 1. The van der Waals surface area contributed by atoms with E-state index in [0.29, 0.717) is 12.5 Å². The summed E-state index contributed by atoms with van der Waals surface area (Å²) < 4.78 is 5.43. The summed E-state index contributed by atoms with van der Waals surface area (Å²) in [6, 6.07) is 4.20. The molecule has 7 nitrogen and oxygen atoms in total. The van der Waals surface area contributed by atoms with Crippen LogP contribution in [0.3, 0.4) is 0 Å². The molecule has 0 atom stereocenters. The number of nitrogens with zero attached hydrogens (tertiary/aromatic N) is 2. The number of amidine groups is 1. The van der Waals surface area contributed by atoms with Gasteiger partial charge in [-0.2, -0.15) is 0 Å². The molecule has 0 saturated heterocycles. The summed E-state index contributed by atoms with van der Waals surface area (Å²) in [6.45, 7) is 4.63. The second-order valence-electron chi connectivity index (χ2n) is 4.81. The Hall–Kier alpha value is -2.31. The first-order valence-corrected chi connectivity index (χ1v) is 6.34. The van der Waals surface area contributed by atoms with Crippen molar-refractivity contribution in [3.05, 3.63) is 33.9 Å². The van der Waals surface area contributed by atoms with E-state index in [1.54, 1.807) is 0 Å². The molecule has 0 heterocycles. The van der Waals surface area contributed by atoms with E-state index in [1.165, 1.54) is 18.2 Å². The zero-order valence-electron chi connectivity index (χ0n) is 11.6. The van der Waals surface area contributed by atoms with Crippen LogP contribution in [0.1, 0.15) is 32.3 Å². The van der Waals surface area contributed by atoms with Crippen molar-refractivity contribution in [2.45, 2.75) is 26.7 Å². The van der Waals surface area contributed by atoms with Gasteiger partial charge in [0.1, 0.15) is 0 Å². The van der Waals surface area contributed by atoms with E-state index in [-0.39, 0.29) is 22.8 Å². The quantitative estimate of drug-likeness (QED) is 0.199. The maximum Gasteiger partial charge on any atom is 0.311 e. The highest BCUT2D eigenvalue weighted by Gasteiger charge is 2.17. The zero-order chi connectivity index (χ0) is 15.1. The van der Waals surface area contributed by atoms with Crippen molar-refractivity contribution >= 4 is 11.5 Å². The molecule has 0 bridgehead atoms. The van der Waals surface area contributed by atoms with E-state index in [1.807, 2.05) is 0 Å². The van der Waals surface area contributed by atoms with Gasteiger partial charge in [0, 0.05) is 11.6 Å². The Morgan fingerprint density at radius 3 is 2.80 bits per heavy atom. The molecule has 0 amide bonds. The Balaban J connectivity index is 2.83. The van der Waals surface area contributed by atoms with Gasteiger partial charge in [-0.1, -0.05) is 19.0 Å². The van der Waals surface area contributed by atoms with Crippen LogP contribution in [0.2, 0.25) is 0 Å². The third-order valence-electron chi connectivity index (χ3n) is 2.74. The van der Waals surface area contributed by atoms with E-state index in [2.05, 4.69) is 19.0 Å². The number of nitrogens with two attached hydrogens (primary N) is 1. The molecule has 0 saturated carbocycles. The highest BCUT2D eigenvalue weighted by molar-refractivity contribution is 5.97. The van der Waals surface area contributed by atoms with Crippen molar-refractivity contribution < 1.29 is 14.9 Å². The lowest BCUT2D eigenvalue weighted by Crippen LogP contribution is -2.13. The van der Waals surface area contributed by atoms with Gasteiger partial charge in [-0.15, -0.1) is 0 Å². The first kappa shape index (κ1) is 15.7. The van der Waals surface area contributed by atoms with E-state index < -0.39 is 4.92 Å². The molecule has 110 valence electrons. The highest BCUT2D eigenvalue weighted by Crippen LogP contribution is 2.28. The normalized spacial score (nSPS) is 11.7. The number of oxime groups is 1. The molecule has 20 heavy (non-hydrogen) atoms. The molecule has 1 rings (SSSR count). The largest absolute Gasteiger partial charge is 0.487 e. The van der Waals surface area contributed by atoms with Crippen LogP contribution in [0.25, 0.3) is 0 Å². The summed E-state index contributed by atoms with van der Waals surface area (Å²) in [5.74, 6) is 0.573. The molecule has 1 aromatic rings. The number of nitro groups is 1. The average molecular weight is 281 g/mol. The highest BCUT2D eigenvalue weighted by atomic mass is 16.6. The molecular formula is C13H19N3O4. The second-order valence-corrected chi connectivity index (χ2v) is 4.81. The summed E-state index contributed by atoms with van der Waals surface area (Å²) in [4.78, 5) is 10.5. The fourth-order valence-electron chi connectivity index (χ4n) is 1.67. The minimum Gasteiger partial charge on any atom is -0.487 e. The van der Waals surface area contributed by atoms with Crippen LogP contribution in [-0.2, 0) is 0 Å². The molecule has 7 heteroatoms. The SMILES string of the molecule is CC(C)CCCOc1ccc(C(N)=NO)cc1[N+](=O)[O-]. The van der Waals surface area contributed by atoms with Gasteiger partial charge in [-0.25, -0.2) is 0 Å². The number of rotatable bonds is 7. The second kappa shape index (κ2) is 7.32. The van der Waals surface area contributed by atoms with Crippen LogP contribution >= 0.6 is 0 Å². The lowest BCUT2D eigenvalue weighted by atomic mass is 10.1. The molecule has 0 aromatic heterocycles. The van der Waals surface area contributed by atoms with Crippen molar-refractivity contribution in [3.8, 4) is 5.75 Å². The Labute approximate surface area is 117 Å². The Bertz CT molecular complexity index is 500. The van der Waals surface area contributed by atoms with Gasteiger partial charge in [-0.3, -0.25) is 10.1 Å². The standard InChI is InChI=1S/C13H19N3O4/c1-9(2)4-3-7-20-12-6-5-10(13(14)15-17)8-11(12)16(18)19/h5-6,8-9,17H,3-4,7H2,1-2H3,(H2,14,15). The molecule has 0 fully saturated rings. The van der Waals surface area contributed by atoms with Crippen molar-refractivity contribution in [2.24, 2.45) is 16.8 Å². The maximum absolute atomic E-state index is 11.0. The molecule has 0 aliphatic rings. The van der Waals surface area contributed by atoms with E-state index in [0.717, 1.165) is 12.8 Å². The first-order chi connectivity index (χ1) is 9.45. The van der Waals surface area contributed by atoms with Gasteiger partial charge >= 0.3 is 5.69 Å².